The fourth-order valence-electron chi connectivity index (χ4n) is 1.25. The largest absolute Gasteiger partial charge is 0.358 e. The molecule has 1 aromatic rings. The molecule has 1 rings (SSSR count). The molecule has 0 spiro atoms. The average Bonchev–Trinajstić information content (AvgIpc) is 2.46. The zero-order valence-electron chi connectivity index (χ0n) is 7.79. The third kappa shape index (κ3) is 2.66. The Morgan fingerprint density at radius 2 is 2.25 bits per heavy atom. The second-order valence-corrected chi connectivity index (χ2v) is 3.11. The van der Waals surface area contributed by atoms with Crippen LogP contribution in [0.2, 0.25) is 0 Å². The van der Waals surface area contributed by atoms with Crippen LogP contribution in [0.1, 0.15) is 25.0 Å². The zero-order valence-corrected chi connectivity index (χ0v) is 7.79. The van der Waals surface area contributed by atoms with Crippen LogP contribution in [0.5, 0.6) is 0 Å². The van der Waals surface area contributed by atoms with Gasteiger partial charge in [-0.05, 0) is 32.3 Å². The van der Waals surface area contributed by atoms with E-state index in [0.717, 1.165) is 13.1 Å². The van der Waals surface area contributed by atoms with Crippen molar-refractivity contribution in [1.29, 1.82) is 0 Å². The van der Waals surface area contributed by atoms with Gasteiger partial charge in [0.2, 0.25) is 0 Å². The first-order valence-corrected chi connectivity index (χ1v) is 4.62. The molecule has 0 saturated carbocycles. The van der Waals surface area contributed by atoms with Gasteiger partial charge in [0.05, 0.1) is 6.54 Å². The fourth-order valence-corrected chi connectivity index (χ4v) is 1.25. The summed E-state index contributed by atoms with van der Waals surface area (Å²) in [5.74, 6) is 0. The molecule has 1 aromatic heterocycles. The van der Waals surface area contributed by atoms with E-state index in [2.05, 4.69) is 22.4 Å². The molecular formula is C9H18N3+. The van der Waals surface area contributed by atoms with Gasteiger partial charge in [-0.2, -0.15) is 5.10 Å². The Bertz CT molecular complexity index is 217. The fraction of sp³-hybridized carbons (Fsp3) is 0.667. The van der Waals surface area contributed by atoms with Crippen LogP contribution in [0.3, 0.4) is 0 Å². The molecule has 68 valence electrons. The highest BCUT2D eigenvalue weighted by atomic mass is 15.3. The maximum Gasteiger partial charge on any atom is 0.0739 e. The van der Waals surface area contributed by atoms with Gasteiger partial charge in [-0.1, -0.05) is 0 Å². The Morgan fingerprint density at radius 3 is 2.83 bits per heavy atom. The van der Waals surface area contributed by atoms with E-state index < -0.39 is 0 Å². The van der Waals surface area contributed by atoms with Gasteiger partial charge in [0.15, 0.2) is 0 Å². The third-order valence-electron chi connectivity index (χ3n) is 2.05. The maximum absolute atomic E-state index is 4.21. The number of aryl methyl sites for hydroxylation is 2. The van der Waals surface area contributed by atoms with E-state index >= 15 is 0 Å². The minimum atomic E-state index is 1.05. The molecule has 1 heterocycles. The molecule has 0 radical (unpaired) electrons. The van der Waals surface area contributed by atoms with Crippen LogP contribution in [0.15, 0.2) is 12.3 Å². The topological polar surface area (TPSA) is 45.5 Å². The predicted octanol–water partition coefficient (Wildman–Crippen LogP) is 0.604. The van der Waals surface area contributed by atoms with Crippen LogP contribution in [0.25, 0.3) is 0 Å². The van der Waals surface area contributed by atoms with Crippen LogP contribution >= 0.6 is 0 Å². The van der Waals surface area contributed by atoms with Crippen LogP contribution in [0.4, 0.5) is 0 Å². The Kier molecular flexibility index (Phi) is 3.80. The van der Waals surface area contributed by atoms with Gasteiger partial charge in [-0.15, -0.1) is 0 Å². The van der Waals surface area contributed by atoms with Gasteiger partial charge in [-0.25, -0.2) is 0 Å². The van der Waals surface area contributed by atoms with Crippen LogP contribution < -0.4 is 5.73 Å². The molecular weight excluding hydrogens is 150 g/mol. The highest BCUT2D eigenvalue weighted by Gasteiger charge is 1.95. The van der Waals surface area contributed by atoms with Crippen molar-refractivity contribution in [2.75, 3.05) is 6.54 Å². The molecule has 3 N–H and O–H groups in total. The van der Waals surface area contributed by atoms with Gasteiger partial charge in [0, 0.05) is 18.4 Å². The van der Waals surface area contributed by atoms with Gasteiger partial charge >= 0.3 is 0 Å². The predicted molar refractivity (Wildman–Crippen MR) is 48.6 cm³/mol. The number of rotatable bonds is 5. The SMILES string of the molecule is Cc1ccnn1CCCCC[NH3+]. The molecule has 0 aliphatic carbocycles. The highest BCUT2D eigenvalue weighted by Crippen LogP contribution is 2.00. The van der Waals surface area contributed by atoms with Gasteiger partial charge in [0.25, 0.3) is 0 Å². The van der Waals surface area contributed by atoms with E-state index in [-0.39, 0.29) is 0 Å². The summed E-state index contributed by atoms with van der Waals surface area (Å²) in [4.78, 5) is 0. The molecule has 0 aliphatic rings. The van der Waals surface area contributed by atoms with Crippen molar-refractivity contribution in [3.63, 3.8) is 0 Å². The summed E-state index contributed by atoms with van der Waals surface area (Å²) in [5.41, 5.74) is 5.07. The second kappa shape index (κ2) is 4.93. The Morgan fingerprint density at radius 1 is 1.42 bits per heavy atom. The van der Waals surface area contributed by atoms with E-state index in [4.69, 9.17) is 0 Å². The molecule has 0 amide bonds. The molecule has 0 unspecified atom stereocenters. The van der Waals surface area contributed by atoms with Gasteiger partial charge in [0.1, 0.15) is 0 Å². The number of aromatic nitrogens is 2. The van der Waals surface area contributed by atoms with Crippen molar-refractivity contribution in [2.45, 2.75) is 32.7 Å². The monoisotopic (exact) mass is 168 g/mol. The molecule has 0 saturated heterocycles. The molecule has 12 heavy (non-hydrogen) atoms. The lowest BCUT2D eigenvalue weighted by atomic mass is 10.2. The lowest BCUT2D eigenvalue weighted by Gasteiger charge is -2.02. The first kappa shape index (κ1) is 9.26. The summed E-state index contributed by atoms with van der Waals surface area (Å²) in [7, 11) is 0. The van der Waals surface area contributed by atoms with Crippen molar-refractivity contribution < 1.29 is 5.73 Å². The van der Waals surface area contributed by atoms with Crippen LogP contribution in [-0.2, 0) is 6.54 Å². The molecule has 0 aromatic carbocycles. The molecule has 0 bridgehead atoms. The van der Waals surface area contributed by atoms with E-state index in [1.807, 2.05) is 12.3 Å². The van der Waals surface area contributed by atoms with E-state index in [1.165, 1.54) is 25.0 Å². The van der Waals surface area contributed by atoms with Gasteiger partial charge < -0.3 is 5.73 Å². The smallest absolute Gasteiger partial charge is 0.0739 e. The zero-order chi connectivity index (χ0) is 8.81. The lowest BCUT2D eigenvalue weighted by molar-refractivity contribution is -0.368. The second-order valence-electron chi connectivity index (χ2n) is 3.11. The summed E-state index contributed by atoms with van der Waals surface area (Å²) >= 11 is 0. The molecule has 3 heteroatoms. The van der Waals surface area contributed by atoms with Crippen LogP contribution in [0, 0.1) is 6.92 Å². The summed E-state index contributed by atoms with van der Waals surface area (Å²) < 4.78 is 2.06. The number of hydrogen-bond donors (Lipinski definition) is 1. The molecule has 0 atom stereocenters. The van der Waals surface area contributed by atoms with Gasteiger partial charge in [-0.3, -0.25) is 4.68 Å². The number of quaternary nitrogens is 1. The minimum absolute atomic E-state index is 1.05. The average molecular weight is 168 g/mol. The van der Waals surface area contributed by atoms with E-state index in [9.17, 15) is 0 Å². The number of nitrogens with zero attached hydrogens (tertiary/aromatic N) is 2. The minimum Gasteiger partial charge on any atom is -0.358 e. The standard InChI is InChI=1S/C9H17N3/c1-9-5-7-11-12(9)8-4-2-3-6-10/h5,7H,2-4,6,8,10H2,1H3/p+1. The number of unbranched alkanes of at least 4 members (excludes halogenated alkanes) is 2. The summed E-state index contributed by atoms with van der Waals surface area (Å²) in [5, 5.41) is 4.21. The highest BCUT2D eigenvalue weighted by molar-refractivity contribution is 4.96. The van der Waals surface area contributed by atoms with Crippen molar-refractivity contribution in [2.24, 2.45) is 0 Å². The number of hydrogen-bond acceptors (Lipinski definition) is 1. The van der Waals surface area contributed by atoms with Crippen molar-refractivity contribution >= 4 is 0 Å². The van der Waals surface area contributed by atoms with E-state index in [1.54, 1.807) is 0 Å². The quantitative estimate of drug-likeness (QED) is 0.643. The first-order valence-electron chi connectivity index (χ1n) is 4.62. The van der Waals surface area contributed by atoms with Crippen molar-refractivity contribution in [3.8, 4) is 0 Å². The molecule has 0 fully saturated rings. The Labute approximate surface area is 73.6 Å². The normalized spacial score (nSPS) is 10.5. The lowest BCUT2D eigenvalue weighted by Crippen LogP contribution is -2.50. The first-order chi connectivity index (χ1) is 5.84. The third-order valence-corrected chi connectivity index (χ3v) is 2.05. The Hall–Kier alpha value is -0.830. The Balaban J connectivity index is 2.20. The molecule has 0 aliphatic heterocycles. The van der Waals surface area contributed by atoms with Crippen molar-refractivity contribution in [3.05, 3.63) is 18.0 Å². The van der Waals surface area contributed by atoms with E-state index in [0.29, 0.717) is 0 Å². The maximum atomic E-state index is 4.21. The summed E-state index contributed by atoms with van der Waals surface area (Å²) in [6.45, 7) is 4.20. The molecule has 3 nitrogen and oxygen atoms in total. The van der Waals surface area contributed by atoms with Crippen LogP contribution in [-0.4, -0.2) is 16.3 Å². The summed E-state index contributed by atoms with van der Waals surface area (Å²) in [6, 6.07) is 2.04. The van der Waals surface area contributed by atoms with Crippen molar-refractivity contribution in [1.82, 2.24) is 9.78 Å². The summed E-state index contributed by atoms with van der Waals surface area (Å²) in [6.07, 6.45) is 5.58.